The Balaban J connectivity index is 2.00. The van der Waals surface area contributed by atoms with E-state index in [0.717, 1.165) is 31.7 Å². The summed E-state index contributed by atoms with van der Waals surface area (Å²) in [5, 5.41) is 13.0. The van der Waals surface area contributed by atoms with Crippen LogP contribution in [0.25, 0.3) is 0 Å². The molecule has 0 radical (unpaired) electrons. The fourth-order valence-electron chi connectivity index (χ4n) is 6.74. The van der Waals surface area contributed by atoms with Crippen LogP contribution in [0.2, 0.25) is 11.1 Å². The summed E-state index contributed by atoms with van der Waals surface area (Å²) in [4.78, 5) is 0. The van der Waals surface area contributed by atoms with Gasteiger partial charge in [-0.25, -0.2) is 0 Å². The van der Waals surface area contributed by atoms with Crippen LogP contribution in [0.5, 0.6) is 0 Å². The van der Waals surface area contributed by atoms with Gasteiger partial charge in [-0.2, -0.15) is 0 Å². The zero-order valence-electron chi connectivity index (χ0n) is 24.0. The van der Waals surface area contributed by atoms with Gasteiger partial charge in [0, 0.05) is 5.92 Å². The highest BCUT2D eigenvalue weighted by atomic mass is 28.4. The molecule has 0 amide bonds. The van der Waals surface area contributed by atoms with E-state index < -0.39 is 20.0 Å². The van der Waals surface area contributed by atoms with Crippen molar-refractivity contribution in [3.8, 4) is 0 Å². The van der Waals surface area contributed by atoms with E-state index in [1.54, 1.807) is 0 Å². The van der Waals surface area contributed by atoms with Crippen LogP contribution in [-0.4, -0.2) is 19.5 Å². The van der Waals surface area contributed by atoms with Crippen LogP contribution in [0.15, 0.2) is 91.0 Å². The van der Waals surface area contributed by atoms with Gasteiger partial charge in [-0.3, -0.25) is 0 Å². The zero-order valence-corrected chi connectivity index (χ0v) is 25.0. The first-order valence-corrected chi connectivity index (χ1v) is 17.0. The van der Waals surface area contributed by atoms with Crippen LogP contribution in [0.3, 0.4) is 0 Å². The van der Waals surface area contributed by atoms with Gasteiger partial charge in [-0.05, 0) is 40.2 Å². The minimum absolute atomic E-state index is 0.00497. The van der Waals surface area contributed by atoms with Gasteiger partial charge in [0.1, 0.15) is 5.60 Å². The molecule has 2 nitrogen and oxygen atoms in total. The fraction of sp³-hybridized carbons (Fsp3) is 0.486. The number of hydrogen-bond acceptors (Lipinski definition) is 2. The third-order valence-corrected chi connectivity index (χ3v) is 14.2. The Morgan fingerprint density at radius 1 is 0.737 bits per heavy atom. The maximum absolute atomic E-state index is 11.7. The molecule has 0 heterocycles. The minimum atomic E-state index is -2.65. The lowest BCUT2D eigenvalue weighted by Crippen LogP contribution is -2.63. The number of rotatable bonds is 11. The number of hydrogen-bond donors (Lipinski definition) is 1. The van der Waals surface area contributed by atoms with Gasteiger partial charge < -0.3 is 9.53 Å². The Morgan fingerprint density at radius 2 is 1.26 bits per heavy atom. The van der Waals surface area contributed by atoms with E-state index in [0.29, 0.717) is 0 Å². The summed E-state index contributed by atoms with van der Waals surface area (Å²) in [6.45, 7) is 9.46. The zero-order chi connectivity index (χ0) is 27.1. The SMILES string of the molecule is CCCCCC[Si](OC(c1ccccc1)(c1ccccc1)[C@@H]1CCCC[C@@H]1O)(c1ccccc1)C(C)(C)C. The highest BCUT2D eigenvalue weighted by molar-refractivity contribution is 6.89. The maximum Gasteiger partial charge on any atom is 0.231 e. The van der Waals surface area contributed by atoms with Gasteiger partial charge in [0.2, 0.25) is 8.32 Å². The monoisotopic (exact) mass is 528 g/mol. The number of benzene rings is 3. The lowest BCUT2D eigenvalue weighted by molar-refractivity contribution is -0.0579. The largest absolute Gasteiger partial charge is 0.398 e. The highest BCUT2D eigenvalue weighted by Gasteiger charge is 2.57. The van der Waals surface area contributed by atoms with Gasteiger partial charge >= 0.3 is 0 Å². The van der Waals surface area contributed by atoms with Gasteiger partial charge in [0.15, 0.2) is 0 Å². The van der Waals surface area contributed by atoms with Crippen molar-refractivity contribution in [2.75, 3.05) is 0 Å². The predicted octanol–water partition coefficient (Wildman–Crippen LogP) is 8.73. The molecule has 0 spiro atoms. The summed E-state index contributed by atoms with van der Waals surface area (Å²) < 4.78 is 8.12. The molecule has 3 aromatic carbocycles. The second kappa shape index (κ2) is 12.8. The van der Waals surface area contributed by atoms with Gasteiger partial charge in [-0.15, -0.1) is 0 Å². The quantitative estimate of drug-likeness (QED) is 0.199. The van der Waals surface area contributed by atoms with Crippen molar-refractivity contribution in [2.24, 2.45) is 5.92 Å². The Kier molecular flexibility index (Phi) is 9.67. The van der Waals surface area contributed by atoms with E-state index in [4.69, 9.17) is 4.43 Å². The highest BCUT2D eigenvalue weighted by Crippen LogP contribution is 2.53. The van der Waals surface area contributed by atoms with Gasteiger partial charge in [0.05, 0.1) is 6.10 Å². The third kappa shape index (κ3) is 5.85. The standard InChI is InChI=1S/C35H48O2Si/c1-5-6-7-19-28-38(34(2,3)4,31-24-15-10-16-25-31)37-35(29-20-11-8-12-21-29,30-22-13-9-14-23-30)32-26-17-18-27-33(32)36/h8-16,20-25,32-33,36H,5-7,17-19,26-28H2,1-4H3/t32-,33+,38?/m1/s1. The maximum atomic E-state index is 11.7. The second-order valence-corrected chi connectivity index (χ2v) is 16.7. The van der Waals surface area contributed by atoms with Gasteiger partial charge in [0.25, 0.3) is 0 Å². The van der Waals surface area contributed by atoms with Crippen molar-refractivity contribution in [1.82, 2.24) is 0 Å². The first-order chi connectivity index (χ1) is 18.3. The van der Waals surface area contributed by atoms with Crippen molar-refractivity contribution in [1.29, 1.82) is 0 Å². The molecule has 3 atom stereocenters. The van der Waals surface area contributed by atoms with E-state index in [-0.39, 0.29) is 11.0 Å². The molecule has 38 heavy (non-hydrogen) atoms. The molecule has 1 aliphatic rings. The molecule has 3 heteroatoms. The smallest absolute Gasteiger partial charge is 0.231 e. The topological polar surface area (TPSA) is 29.5 Å². The molecule has 1 aliphatic carbocycles. The van der Waals surface area contributed by atoms with Crippen LogP contribution >= 0.6 is 0 Å². The average Bonchev–Trinajstić information content (AvgIpc) is 2.94. The molecular formula is C35H48O2Si. The van der Waals surface area contributed by atoms with Crippen LogP contribution < -0.4 is 5.19 Å². The molecule has 1 N–H and O–H groups in total. The Morgan fingerprint density at radius 3 is 1.76 bits per heavy atom. The van der Waals surface area contributed by atoms with Crippen LogP contribution in [0.1, 0.15) is 90.2 Å². The van der Waals surface area contributed by atoms with Crippen molar-refractivity contribution < 1.29 is 9.53 Å². The summed E-state index contributed by atoms with van der Waals surface area (Å²) in [6.07, 6.45) is 8.48. The van der Waals surface area contributed by atoms with Crippen molar-refractivity contribution >= 4 is 13.5 Å². The normalized spacial score (nSPS) is 20.1. The third-order valence-electron chi connectivity index (χ3n) is 8.83. The van der Waals surface area contributed by atoms with Crippen molar-refractivity contribution in [2.45, 2.75) is 102 Å². The summed E-state index contributed by atoms with van der Waals surface area (Å²) in [7, 11) is -2.65. The number of unbranched alkanes of at least 4 members (excludes halogenated alkanes) is 3. The summed E-state index contributed by atoms with van der Waals surface area (Å²) in [5.74, 6) is -0.00497. The summed E-state index contributed by atoms with van der Waals surface area (Å²) in [5.41, 5.74) is 1.62. The molecular weight excluding hydrogens is 480 g/mol. The first kappa shape index (κ1) is 28.8. The van der Waals surface area contributed by atoms with Crippen molar-refractivity contribution in [3.05, 3.63) is 102 Å². The first-order valence-electron chi connectivity index (χ1n) is 14.9. The molecule has 204 valence electrons. The van der Waals surface area contributed by atoms with Crippen LogP contribution in [0, 0.1) is 5.92 Å². The Labute approximate surface area is 232 Å². The van der Waals surface area contributed by atoms with Gasteiger partial charge in [-0.1, -0.05) is 157 Å². The van der Waals surface area contributed by atoms with Crippen LogP contribution in [-0.2, 0) is 10.0 Å². The Bertz CT molecular complexity index is 1050. The molecule has 0 aromatic heterocycles. The lowest BCUT2D eigenvalue weighted by atomic mass is 9.68. The molecule has 4 rings (SSSR count). The Hall–Kier alpha value is -2.20. The van der Waals surface area contributed by atoms with E-state index in [2.05, 4.69) is 119 Å². The second-order valence-electron chi connectivity index (χ2n) is 12.3. The van der Waals surface area contributed by atoms with E-state index in [1.807, 2.05) is 0 Å². The van der Waals surface area contributed by atoms with E-state index in [1.165, 1.54) is 42.0 Å². The van der Waals surface area contributed by atoms with Crippen LogP contribution in [0.4, 0.5) is 0 Å². The van der Waals surface area contributed by atoms with Crippen molar-refractivity contribution in [3.63, 3.8) is 0 Å². The van der Waals surface area contributed by atoms with E-state index >= 15 is 0 Å². The molecule has 1 fully saturated rings. The molecule has 0 bridgehead atoms. The molecule has 0 aliphatic heterocycles. The molecule has 1 unspecified atom stereocenters. The fourth-order valence-corrected chi connectivity index (χ4v) is 11.6. The molecule has 3 aromatic rings. The van der Waals surface area contributed by atoms with E-state index in [9.17, 15) is 5.11 Å². The minimum Gasteiger partial charge on any atom is -0.398 e. The average molecular weight is 529 g/mol. The number of aliphatic hydroxyl groups excluding tert-OH is 1. The lowest BCUT2D eigenvalue weighted by Gasteiger charge is -2.54. The molecule has 0 saturated heterocycles. The predicted molar refractivity (Wildman–Crippen MR) is 163 cm³/mol. The summed E-state index contributed by atoms with van der Waals surface area (Å²) >= 11 is 0. The number of aliphatic hydroxyl groups is 1. The summed E-state index contributed by atoms with van der Waals surface area (Å²) in [6, 6.07) is 33.8. The molecule has 1 saturated carbocycles.